The Morgan fingerprint density at radius 1 is 1.19 bits per heavy atom. The summed E-state index contributed by atoms with van der Waals surface area (Å²) in [6.07, 6.45) is 2.90. The summed E-state index contributed by atoms with van der Waals surface area (Å²) in [5.41, 5.74) is 14.7. The van der Waals surface area contributed by atoms with Crippen LogP contribution in [0.5, 0.6) is 0 Å². The summed E-state index contributed by atoms with van der Waals surface area (Å²) in [4.78, 5) is 24.6. The molecule has 1 aliphatic rings. The Hall–Kier alpha value is -2.18. The van der Waals surface area contributed by atoms with Crippen LogP contribution in [-0.4, -0.2) is 17.6 Å². The van der Waals surface area contributed by atoms with Gasteiger partial charge in [-0.15, -0.1) is 24.2 Å². The van der Waals surface area contributed by atoms with Crippen molar-refractivity contribution >= 4 is 41.7 Å². The van der Waals surface area contributed by atoms with Crippen molar-refractivity contribution in [3.8, 4) is 0 Å². The molecule has 0 radical (unpaired) electrons. The summed E-state index contributed by atoms with van der Waals surface area (Å²) < 4.78 is 0. The fourth-order valence-corrected chi connectivity index (χ4v) is 3.94. The average Bonchev–Trinajstić information content (AvgIpc) is 2.60. The number of anilines is 1. The number of benzene rings is 2. The maximum atomic E-state index is 12.8. The Kier molecular flexibility index (Phi) is 6.94. The molecule has 0 spiro atoms. The van der Waals surface area contributed by atoms with Gasteiger partial charge in [0.15, 0.2) is 0 Å². The number of amides is 2. The minimum Gasteiger partial charge on any atom is -0.399 e. The number of carbonyl (C=O) groups excluding carboxylic acids is 2. The van der Waals surface area contributed by atoms with Crippen LogP contribution in [0.15, 0.2) is 47.4 Å². The zero-order valence-corrected chi connectivity index (χ0v) is 15.9. The minimum atomic E-state index is -0.404. The molecule has 2 aromatic carbocycles. The largest absolute Gasteiger partial charge is 0.399 e. The van der Waals surface area contributed by atoms with Gasteiger partial charge in [-0.25, -0.2) is 0 Å². The molecular formula is C19H22ClN3O2S. The number of rotatable bonds is 5. The van der Waals surface area contributed by atoms with Crippen molar-refractivity contribution < 1.29 is 9.59 Å². The molecule has 1 unspecified atom stereocenters. The Bertz CT molecular complexity index is 813. The summed E-state index contributed by atoms with van der Waals surface area (Å²) in [6.45, 7) is 0. The first-order chi connectivity index (χ1) is 12.0. The van der Waals surface area contributed by atoms with E-state index in [4.69, 9.17) is 11.5 Å². The quantitative estimate of drug-likeness (QED) is 0.538. The number of aryl methyl sites for hydroxylation is 1. The molecule has 0 aliphatic heterocycles. The molecule has 0 fully saturated rings. The Morgan fingerprint density at radius 2 is 1.96 bits per heavy atom. The maximum absolute atomic E-state index is 12.8. The van der Waals surface area contributed by atoms with Crippen molar-refractivity contribution in [2.75, 3.05) is 11.5 Å². The third-order valence-electron chi connectivity index (χ3n) is 4.29. The number of nitrogens with one attached hydrogen (secondary N) is 1. The molecule has 0 heterocycles. The lowest BCUT2D eigenvalue weighted by Gasteiger charge is -2.27. The van der Waals surface area contributed by atoms with Crippen molar-refractivity contribution in [3.05, 3.63) is 59.2 Å². The standard InChI is InChI=1S/C19H21N3O2S.ClH/c20-13-8-9-14-12(10-13)4-3-6-16(14)22-19(24)15-5-1-2-7-17(15)25-11-18(21)23;/h1-2,5,7-10,16H,3-4,6,11,20H2,(H2,21,23)(H,22,24);1H. The van der Waals surface area contributed by atoms with E-state index in [0.29, 0.717) is 5.56 Å². The Labute approximate surface area is 163 Å². The van der Waals surface area contributed by atoms with Crippen molar-refractivity contribution in [2.24, 2.45) is 5.73 Å². The van der Waals surface area contributed by atoms with Gasteiger partial charge in [0.1, 0.15) is 0 Å². The summed E-state index contributed by atoms with van der Waals surface area (Å²) in [5.74, 6) is -0.392. The number of fused-ring (bicyclic) bond motifs is 1. The third kappa shape index (κ3) is 4.71. The molecule has 1 aliphatic carbocycles. The SMILES string of the molecule is Cl.NC(=O)CSc1ccccc1C(=O)NC1CCCc2cc(N)ccc21. The van der Waals surface area contributed by atoms with E-state index in [1.807, 2.05) is 36.4 Å². The predicted molar refractivity (Wildman–Crippen MR) is 108 cm³/mol. The number of nitrogens with two attached hydrogens (primary N) is 2. The van der Waals surface area contributed by atoms with Gasteiger partial charge in [0.2, 0.25) is 5.91 Å². The first kappa shape index (κ1) is 20.1. The molecule has 2 amide bonds. The van der Waals surface area contributed by atoms with Gasteiger partial charge in [-0.05, 0) is 54.7 Å². The highest BCUT2D eigenvalue weighted by atomic mass is 35.5. The molecule has 0 saturated carbocycles. The normalized spacial score (nSPS) is 15.5. The first-order valence-corrected chi connectivity index (χ1v) is 9.22. The molecule has 5 nitrogen and oxygen atoms in total. The van der Waals surface area contributed by atoms with Crippen LogP contribution in [-0.2, 0) is 11.2 Å². The van der Waals surface area contributed by atoms with Gasteiger partial charge in [-0.1, -0.05) is 18.2 Å². The van der Waals surface area contributed by atoms with E-state index >= 15 is 0 Å². The van der Waals surface area contributed by atoms with Crippen molar-refractivity contribution in [3.63, 3.8) is 0 Å². The van der Waals surface area contributed by atoms with Gasteiger partial charge in [0.05, 0.1) is 17.4 Å². The van der Waals surface area contributed by atoms with E-state index in [-0.39, 0.29) is 30.1 Å². The highest BCUT2D eigenvalue weighted by Gasteiger charge is 2.23. The second-order valence-electron chi connectivity index (χ2n) is 6.13. The van der Waals surface area contributed by atoms with Crippen molar-refractivity contribution in [1.82, 2.24) is 5.32 Å². The minimum absolute atomic E-state index is 0. The first-order valence-electron chi connectivity index (χ1n) is 8.24. The van der Waals surface area contributed by atoms with Gasteiger partial charge in [-0.3, -0.25) is 9.59 Å². The van der Waals surface area contributed by atoms with Gasteiger partial charge in [0, 0.05) is 10.6 Å². The molecule has 3 rings (SSSR count). The number of nitrogen functional groups attached to an aromatic ring is 1. The summed E-state index contributed by atoms with van der Waals surface area (Å²) in [7, 11) is 0. The van der Waals surface area contributed by atoms with Gasteiger partial charge < -0.3 is 16.8 Å². The Morgan fingerprint density at radius 3 is 2.73 bits per heavy atom. The number of hydrogen-bond acceptors (Lipinski definition) is 4. The summed E-state index contributed by atoms with van der Waals surface area (Å²) in [6, 6.07) is 13.1. The lowest BCUT2D eigenvalue weighted by Crippen LogP contribution is -2.31. The molecule has 0 aromatic heterocycles. The molecule has 7 heteroatoms. The van der Waals surface area contributed by atoms with E-state index in [1.165, 1.54) is 17.3 Å². The molecule has 1 atom stereocenters. The van der Waals surface area contributed by atoms with Crippen LogP contribution >= 0.6 is 24.2 Å². The van der Waals surface area contributed by atoms with E-state index in [0.717, 1.165) is 35.4 Å². The lowest BCUT2D eigenvalue weighted by molar-refractivity contribution is -0.115. The molecule has 0 bridgehead atoms. The molecule has 2 aromatic rings. The van der Waals surface area contributed by atoms with E-state index in [2.05, 4.69) is 5.32 Å². The third-order valence-corrected chi connectivity index (χ3v) is 5.38. The van der Waals surface area contributed by atoms with Crippen LogP contribution < -0.4 is 16.8 Å². The van der Waals surface area contributed by atoms with Crippen LogP contribution in [0.4, 0.5) is 5.69 Å². The molecule has 138 valence electrons. The van der Waals surface area contributed by atoms with Crippen LogP contribution in [0, 0.1) is 0 Å². The zero-order valence-electron chi connectivity index (χ0n) is 14.2. The zero-order chi connectivity index (χ0) is 17.8. The summed E-state index contributed by atoms with van der Waals surface area (Å²) >= 11 is 1.28. The topological polar surface area (TPSA) is 98.2 Å². The monoisotopic (exact) mass is 391 g/mol. The highest BCUT2D eigenvalue weighted by molar-refractivity contribution is 8.00. The van der Waals surface area contributed by atoms with Gasteiger partial charge in [-0.2, -0.15) is 0 Å². The molecule has 0 saturated heterocycles. The fraction of sp³-hybridized carbons (Fsp3) is 0.263. The van der Waals surface area contributed by atoms with Crippen LogP contribution in [0.2, 0.25) is 0 Å². The smallest absolute Gasteiger partial charge is 0.252 e. The van der Waals surface area contributed by atoms with Crippen LogP contribution in [0.25, 0.3) is 0 Å². The molecule has 5 N–H and O–H groups in total. The number of primary amides is 1. The second kappa shape index (κ2) is 8.96. The highest BCUT2D eigenvalue weighted by Crippen LogP contribution is 2.32. The number of thioether (sulfide) groups is 1. The molecule has 26 heavy (non-hydrogen) atoms. The average molecular weight is 392 g/mol. The number of halogens is 1. The van der Waals surface area contributed by atoms with Crippen molar-refractivity contribution in [2.45, 2.75) is 30.2 Å². The van der Waals surface area contributed by atoms with Crippen LogP contribution in [0.1, 0.15) is 40.4 Å². The number of carbonyl (C=O) groups is 2. The van der Waals surface area contributed by atoms with Gasteiger partial charge in [0.25, 0.3) is 5.91 Å². The second-order valence-corrected chi connectivity index (χ2v) is 7.14. The predicted octanol–water partition coefficient (Wildman–Crippen LogP) is 3.08. The number of hydrogen-bond donors (Lipinski definition) is 3. The van der Waals surface area contributed by atoms with E-state index < -0.39 is 5.91 Å². The maximum Gasteiger partial charge on any atom is 0.252 e. The van der Waals surface area contributed by atoms with E-state index in [9.17, 15) is 9.59 Å². The fourth-order valence-electron chi connectivity index (χ4n) is 3.15. The molecular weight excluding hydrogens is 370 g/mol. The lowest BCUT2D eigenvalue weighted by atomic mass is 9.87. The van der Waals surface area contributed by atoms with Gasteiger partial charge >= 0.3 is 0 Å². The Balaban J connectivity index is 0.00000243. The van der Waals surface area contributed by atoms with Crippen molar-refractivity contribution in [1.29, 1.82) is 0 Å². The van der Waals surface area contributed by atoms with E-state index in [1.54, 1.807) is 6.07 Å². The summed E-state index contributed by atoms with van der Waals surface area (Å²) in [5, 5.41) is 3.13. The van der Waals surface area contributed by atoms with Crippen LogP contribution in [0.3, 0.4) is 0 Å².